The fraction of sp³-hybridized carbons (Fsp3) is 0.429. The second-order valence-corrected chi connectivity index (χ2v) is 5.22. The number of aldehydes is 1. The van der Waals surface area contributed by atoms with Gasteiger partial charge < -0.3 is 14.8 Å². The van der Waals surface area contributed by atoms with Crippen molar-refractivity contribution in [2.75, 3.05) is 20.3 Å². The predicted molar refractivity (Wildman–Crippen MR) is 79.2 cm³/mol. The van der Waals surface area contributed by atoms with Crippen molar-refractivity contribution in [3.63, 3.8) is 0 Å². The van der Waals surface area contributed by atoms with Crippen LogP contribution in [-0.4, -0.2) is 38.6 Å². The van der Waals surface area contributed by atoms with E-state index in [0.29, 0.717) is 30.8 Å². The number of halogens is 1. The van der Waals surface area contributed by atoms with E-state index >= 15 is 0 Å². The lowest BCUT2D eigenvalue weighted by molar-refractivity contribution is -0.127. The minimum Gasteiger partial charge on any atom is -0.480 e. The van der Waals surface area contributed by atoms with Crippen molar-refractivity contribution in [3.05, 3.63) is 27.7 Å². The van der Waals surface area contributed by atoms with E-state index < -0.39 is 6.10 Å². The second kappa shape index (κ2) is 8.01. The number of methoxy groups -OCH3 is 1. The van der Waals surface area contributed by atoms with Crippen LogP contribution in [-0.2, 0) is 9.53 Å². The molecule has 0 saturated heterocycles. The Kier molecular flexibility index (Phi) is 6.67. The van der Waals surface area contributed by atoms with Gasteiger partial charge in [0.05, 0.1) is 12.2 Å². The van der Waals surface area contributed by atoms with Crippen LogP contribution in [0.2, 0.25) is 0 Å². The lowest BCUT2D eigenvalue weighted by Crippen LogP contribution is -2.38. The summed E-state index contributed by atoms with van der Waals surface area (Å²) >= 11 is 3.32. The van der Waals surface area contributed by atoms with E-state index in [9.17, 15) is 9.59 Å². The Labute approximate surface area is 126 Å². The van der Waals surface area contributed by atoms with Gasteiger partial charge in [-0.15, -0.1) is 0 Å². The van der Waals surface area contributed by atoms with Crippen LogP contribution in [0.25, 0.3) is 0 Å². The van der Waals surface area contributed by atoms with E-state index in [2.05, 4.69) is 21.2 Å². The summed E-state index contributed by atoms with van der Waals surface area (Å²) in [7, 11) is 1.56. The molecule has 0 aliphatic heterocycles. The Balaban J connectivity index is 2.77. The lowest BCUT2D eigenvalue weighted by atomic mass is 10.1. The third kappa shape index (κ3) is 4.61. The quantitative estimate of drug-likeness (QED) is 0.608. The highest BCUT2D eigenvalue weighted by molar-refractivity contribution is 9.10. The Morgan fingerprint density at radius 2 is 2.20 bits per heavy atom. The first kappa shape index (κ1) is 16.7. The molecule has 0 radical (unpaired) electrons. The fourth-order valence-corrected chi connectivity index (χ4v) is 2.24. The molecule has 5 nitrogen and oxygen atoms in total. The lowest BCUT2D eigenvalue weighted by Gasteiger charge is -2.17. The maximum Gasteiger partial charge on any atom is 0.260 e. The summed E-state index contributed by atoms with van der Waals surface area (Å²) in [6.45, 7) is 4.32. The van der Waals surface area contributed by atoms with Crippen molar-refractivity contribution in [3.8, 4) is 5.75 Å². The first-order valence-electron chi connectivity index (χ1n) is 6.18. The van der Waals surface area contributed by atoms with Gasteiger partial charge in [-0.3, -0.25) is 9.59 Å². The van der Waals surface area contributed by atoms with E-state index in [1.54, 1.807) is 20.1 Å². The van der Waals surface area contributed by atoms with Crippen LogP contribution in [0.5, 0.6) is 5.75 Å². The molecule has 1 amide bonds. The molecule has 1 unspecified atom stereocenters. The maximum atomic E-state index is 11.8. The molecule has 1 rings (SSSR count). The summed E-state index contributed by atoms with van der Waals surface area (Å²) in [4.78, 5) is 22.9. The minimum atomic E-state index is -0.689. The highest BCUT2D eigenvalue weighted by atomic mass is 79.9. The molecule has 1 N–H and O–H groups in total. The molecule has 0 heterocycles. The van der Waals surface area contributed by atoms with Gasteiger partial charge in [-0.2, -0.15) is 0 Å². The summed E-state index contributed by atoms with van der Waals surface area (Å²) in [6.07, 6.45) is 0.0215. The highest BCUT2D eigenvalue weighted by Crippen LogP contribution is 2.27. The fourth-order valence-electron chi connectivity index (χ4n) is 1.65. The normalized spacial score (nSPS) is 11.8. The monoisotopic (exact) mass is 343 g/mol. The Bertz CT molecular complexity index is 490. The molecule has 0 aliphatic carbocycles. The van der Waals surface area contributed by atoms with Crippen molar-refractivity contribution >= 4 is 28.1 Å². The molecule has 1 atom stereocenters. The van der Waals surface area contributed by atoms with Crippen LogP contribution >= 0.6 is 15.9 Å². The summed E-state index contributed by atoms with van der Waals surface area (Å²) in [5, 5.41) is 2.69. The van der Waals surface area contributed by atoms with Crippen molar-refractivity contribution < 1.29 is 19.1 Å². The molecule has 110 valence electrons. The second-order valence-electron chi connectivity index (χ2n) is 4.30. The molecular weight excluding hydrogens is 326 g/mol. The zero-order valence-corrected chi connectivity index (χ0v) is 13.3. The minimum absolute atomic E-state index is 0.249. The number of ether oxygens (including phenoxy) is 2. The number of nitrogens with one attached hydrogen (secondary N) is 1. The van der Waals surface area contributed by atoms with Crippen LogP contribution in [0.3, 0.4) is 0 Å². The van der Waals surface area contributed by atoms with Gasteiger partial charge in [-0.05, 0) is 31.5 Å². The van der Waals surface area contributed by atoms with Crippen LogP contribution < -0.4 is 10.1 Å². The van der Waals surface area contributed by atoms with Gasteiger partial charge in [0.1, 0.15) is 5.75 Å². The molecule has 0 aromatic heterocycles. The molecule has 0 bridgehead atoms. The van der Waals surface area contributed by atoms with Crippen molar-refractivity contribution in [1.82, 2.24) is 5.32 Å². The Morgan fingerprint density at radius 1 is 1.50 bits per heavy atom. The van der Waals surface area contributed by atoms with Gasteiger partial charge in [-0.25, -0.2) is 0 Å². The summed E-state index contributed by atoms with van der Waals surface area (Å²) in [6, 6.07) is 3.49. The average molecular weight is 344 g/mol. The SMILES string of the molecule is COCCNC(=O)C(C)Oc1c(C)cc(Br)cc1C=O. The van der Waals surface area contributed by atoms with Crippen molar-refractivity contribution in [2.45, 2.75) is 20.0 Å². The van der Waals surface area contributed by atoms with Crippen LogP contribution in [0.4, 0.5) is 0 Å². The first-order valence-corrected chi connectivity index (χ1v) is 6.97. The molecule has 20 heavy (non-hydrogen) atoms. The van der Waals surface area contributed by atoms with Crippen molar-refractivity contribution in [2.24, 2.45) is 0 Å². The molecule has 0 saturated carbocycles. The number of hydrogen-bond acceptors (Lipinski definition) is 4. The van der Waals surface area contributed by atoms with Crippen LogP contribution in [0, 0.1) is 6.92 Å². The van der Waals surface area contributed by atoms with Crippen molar-refractivity contribution in [1.29, 1.82) is 0 Å². The molecular formula is C14H18BrNO4. The molecule has 1 aromatic carbocycles. The maximum absolute atomic E-state index is 11.8. The van der Waals surface area contributed by atoms with Gasteiger partial charge in [0.25, 0.3) is 5.91 Å². The number of carbonyl (C=O) groups excluding carboxylic acids is 2. The number of carbonyl (C=O) groups is 2. The van der Waals surface area contributed by atoms with Gasteiger partial charge >= 0.3 is 0 Å². The number of aryl methyl sites for hydroxylation is 1. The summed E-state index contributed by atoms with van der Waals surface area (Å²) in [5.74, 6) is 0.179. The third-order valence-corrected chi connectivity index (χ3v) is 3.12. The van der Waals surface area contributed by atoms with Gasteiger partial charge in [0.2, 0.25) is 0 Å². The molecule has 6 heteroatoms. The van der Waals surface area contributed by atoms with E-state index in [-0.39, 0.29) is 5.91 Å². The number of hydrogen-bond donors (Lipinski definition) is 1. The molecule has 0 aliphatic rings. The van der Waals surface area contributed by atoms with Gasteiger partial charge in [0.15, 0.2) is 12.4 Å². The van der Waals surface area contributed by atoms with E-state index in [1.165, 1.54) is 0 Å². The van der Waals surface area contributed by atoms with Crippen LogP contribution in [0.1, 0.15) is 22.8 Å². The predicted octanol–water partition coefficient (Wildman–Crippen LogP) is 2.10. The van der Waals surface area contributed by atoms with E-state index in [1.807, 2.05) is 13.0 Å². The number of amides is 1. The standard InChI is InChI=1S/C14H18BrNO4/c1-9-6-12(15)7-11(8-17)13(9)20-10(2)14(18)16-4-5-19-3/h6-8,10H,4-5H2,1-3H3,(H,16,18). The zero-order chi connectivity index (χ0) is 15.1. The van der Waals surface area contributed by atoms with Gasteiger partial charge in [-0.1, -0.05) is 15.9 Å². The zero-order valence-electron chi connectivity index (χ0n) is 11.7. The summed E-state index contributed by atoms with van der Waals surface area (Å²) in [5.41, 5.74) is 1.20. The smallest absolute Gasteiger partial charge is 0.260 e. The van der Waals surface area contributed by atoms with Gasteiger partial charge in [0, 0.05) is 18.1 Å². The Hall–Kier alpha value is -1.40. The highest BCUT2D eigenvalue weighted by Gasteiger charge is 2.17. The van der Waals surface area contributed by atoms with E-state index in [0.717, 1.165) is 10.0 Å². The largest absolute Gasteiger partial charge is 0.480 e. The summed E-state index contributed by atoms with van der Waals surface area (Å²) < 4.78 is 11.3. The number of rotatable bonds is 7. The van der Waals surface area contributed by atoms with Crippen LogP contribution in [0.15, 0.2) is 16.6 Å². The molecule has 1 aromatic rings. The average Bonchev–Trinajstić information content (AvgIpc) is 2.41. The Morgan fingerprint density at radius 3 is 2.80 bits per heavy atom. The molecule has 0 spiro atoms. The van der Waals surface area contributed by atoms with E-state index in [4.69, 9.17) is 9.47 Å². The number of benzene rings is 1. The third-order valence-electron chi connectivity index (χ3n) is 2.66. The topological polar surface area (TPSA) is 64.6 Å². The first-order chi connectivity index (χ1) is 9.49. The molecule has 0 fully saturated rings.